The van der Waals surface area contributed by atoms with Crippen molar-refractivity contribution in [1.82, 2.24) is 15.2 Å². The number of nitrogens with one attached hydrogen (secondary N) is 1. The summed E-state index contributed by atoms with van der Waals surface area (Å²) in [5, 5.41) is 4.76. The number of fused-ring (bicyclic) bond motifs is 1. The lowest BCUT2D eigenvalue weighted by molar-refractivity contribution is 0.0947. The molecule has 1 amide bonds. The van der Waals surface area contributed by atoms with Crippen LogP contribution in [0.3, 0.4) is 0 Å². The van der Waals surface area contributed by atoms with E-state index in [9.17, 15) is 4.79 Å². The number of hydrogen-bond acceptors (Lipinski definition) is 8. The van der Waals surface area contributed by atoms with Gasteiger partial charge in [-0.05, 0) is 30.7 Å². The molecule has 1 saturated heterocycles. The zero-order valence-corrected chi connectivity index (χ0v) is 21.4. The Labute approximate surface area is 208 Å². The average Bonchev–Trinajstić information content (AvgIpc) is 3.32. The number of nitrogens with zero attached hydrogens (tertiary/aromatic N) is 3. The maximum atomic E-state index is 12.7. The van der Waals surface area contributed by atoms with Crippen LogP contribution in [0.4, 0.5) is 5.13 Å². The van der Waals surface area contributed by atoms with Crippen LogP contribution < -0.4 is 24.4 Å². The van der Waals surface area contributed by atoms with Crippen molar-refractivity contribution in [2.24, 2.45) is 0 Å². The van der Waals surface area contributed by atoms with Crippen LogP contribution in [0, 0.1) is 6.92 Å². The van der Waals surface area contributed by atoms with Crippen LogP contribution in [0.25, 0.3) is 10.2 Å². The van der Waals surface area contributed by atoms with E-state index in [1.165, 1.54) is 21.3 Å². The van der Waals surface area contributed by atoms with Crippen LogP contribution in [0.5, 0.6) is 17.2 Å². The zero-order chi connectivity index (χ0) is 24.2. The zero-order valence-electron chi connectivity index (χ0n) is 19.8. The Morgan fingerprint density at radius 1 is 1.09 bits per heavy atom. The van der Waals surface area contributed by atoms with Crippen molar-refractivity contribution in [2.75, 3.05) is 65.5 Å². The molecule has 8 nitrogen and oxygen atoms in total. The molecule has 1 N–H and O–H groups in total. The number of rotatable bonds is 8. The van der Waals surface area contributed by atoms with E-state index in [2.05, 4.69) is 22.0 Å². The monoisotopic (exact) mass is 504 g/mol. The van der Waals surface area contributed by atoms with Crippen molar-refractivity contribution in [2.45, 2.75) is 6.92 Å². The van der Waals surface area contributed by atoms with E-state index in [4.69, 9.17) is 30.8 Å². The molecule has 0 bridgehead atoms. The van der Waals surface area contributed by atoms with Gasteiger partial charge in [0.25, 0.3) is 5.91 Å². The van der Waals surface area contributed by atoms with Crippen molar-refractivity contribution in [3.63, 3.8) is 0 Å². The summed E-state index contributed by atoms with van der Waals surface area (Å²) in [6.07, 6.45) is 0. The van der Waals surface area contributed by atoms with Crippen LogP contribution in [0.15, 0.2) is 24.3 Å². The first-order chi connectivity index (χ1) is 16.4. The Balaban J connectivity index is 1.30. The first-order valence-corrected chi connectivity index (χ1v) is 12.3. The molecule has 2 heterocycles. The number of methoxy groups -OCH3 is 3. The average molecular weight is 505 g/mol. The summed E-state index contributed by atoms with van der Waals surface area (Å²) >= 11 is 8.02. The van der Waals surface area contributed by atoms with Gasteiger partial charge >= 0.3 is 0 Å². The second-order valence-corrected chi connectivity index (χ2v) is 9.42. The van der Waals surface area contributed by atoms with Gasteiger partial charge in [0.1, 0.15) is 0 Å². The normalized spacial score (nSPS) is 14.3. The van der Waals surface area contributed by atoms with Crippen molar-refractivity contribution in [1.29, 1.82) is 0 Å². The Morgan fingerprint density at radius 2 is 1.76 bits per heavy atom. The van der Waals surface area contributed by atoms with E-state index in [0.717, 1.165) is 58.7 Å². The number of carbonyl (C=O) groups excluding carboxylic acids is 1. The minimum Gasteiger partial charge on any atom is -0.493 e. The van der Waals surface area contributed by atoms with E-state index in [-0.39, 0.29) is 5.91 Å². The highest BCUT2D eigenvalue weighted by Crippen LogP contribution is 2.38. The number of ether oxygens (including phenoxy) is 3. The second kappa shape index (κ2) is 10.7. The molecule has 0 unspecified atom stereocenters. The first-order valence-electron chi connectivity index (χ1n) is 11.1. The molecule has 1 aliphatic heterocycles. The SMILES string of the molecule is COc1cc(C(=O)NCCN2CCN(c3nc4c(C)ccc(Cl)c4s3)CC2)cc(OC)c1OC. The number of aromatic nitrogens is 1. The molecule has 0 spiro atoms. The summed E-state index contributed by atoms with van der Waals surface area (Å²) in [4.78, 5) is 22.2. The van der Waals surface area contributed by atoms with Gasteiger partial charge in [0.15, 0.2) is 16.6 Å². The number of anilines is 1. The summed E-state index contributed by atoms with van der Waals surface area (Å²) in [5.41, 5.74) is 2.59. The lowest BCUT2D eigenvalue weighted by Crippen LogP contribution is -2.48. The third-order valence-corrected chi connectivity index (χ3v) is 7.55. The fourth-order valence-electron chi connectivity index (χ4n) is 4.03. The van der Waals surface area contributed by atoms with Gasteiger partial charge in [-0.25, -0.2) is 4.98 Å². The van der Waals surface area contributed by atoms with E-state index >= 15 is 0 Å². The fraction of sp³-hybridized carbons (Fsp3) is 0.417. The maximum absolute atomic E-state index is 12.7. The van der Waals surface area contributed by atoms with Crippen molar-refractivity contribution < 1.29 is 19.0 Å². The summed E-state index contributed by atoms with van der Waals surface area (Å²) in [6.45, 7) is 6.97. The molecule has 1 aromatic heterocycles. The van der Waals surface area contributed by atoms with Crippen LogP contribution in [0.2, 0.25) is 5.02 Å². The number of piperazine rings is 1. The van der Waals surface area contributed by atoms with Crippen LogP contribution >= 0.6 is 22.9 Å². The topological polar surface area (TPSA) is 76.2 Å². The number of hydrogen-bond donors (Lipinski definition) is 1. The molecule has 10 heteroatoms. The van der Waals surface area contributed by atoms with E-state index < -0.39 is 0 Å². The molecule has 0 radical (unpaired) electrons. The van der Waals surface area contributed by atoms with Crippen LogP contribution in [-0.2, 0) is 0 Å². The van der Waals surface area contributed by atoms with Gasteiger partial charge in [-0.3, -0.25) is 9.69 Å². The Hall–Kier alpha value is -2.75. The Morgan fingerprint density at radius 3 is 2.35 bits per heavy atom. The molecule has 0 atom stereocenters. The molecule has 1 aliphatic rings. The molecular formula is C24H29ClN4O4S. The summed E-state index contributed by atoms with van der Waals surface area (Å²) in [7, 11) is 4.60. The Kier molecular flexibility index (Phi) is 7.65. The molecule has 4 rings (SSSR count). The standard InChI is InChI=1S/C24H29ClN4O4S/c1-15-5-6-17(25)22-20(15)27-24(34-22)29-11-9-28(10-12-29)8-7-26-23(30)16-13-18(31-2)21(33-4)19(14-16)32-3/h5-6,13-14H,7-12H2,1-4H3,(H,26,30). The van der Waals surface area contributed by atoms with Gasteiger partial charge in [-0.1, -0.05) is 29.0 Å². The fourth-order valence-corrected chi connectivity index (χ4v) is 5.40. The molecule has 34 heavy (non-hydrogen) atoms. The number of halogens is 1. The van der Waals surface area contributed by atoms with Crippen molar-refractivity contribution >= 4 is 44.2 Å². The summed E-state index contributed by atoms with van der Waals surface area (Å²) in [6, 6.07) is 7.26. The summed E-state index contributed by atoms with van der Waals surface area (Å²) < 4.78 is 17.0. The lowest BCUT2D eigenvalue weighted by Gasteiger charge is -2.34. The predicted octanol–water partition coefficient (Wildman–Crippen LogP) is 3.84. The van der Waals surface area contributed by atoms with Gasteiger partial charge in [0, 0.05) is 44.8 Å². The predicted molar refractivity (Wildman–Crippen MR) is 136 cm³/mol. The smallest absolute Gasteiger partial charge is 0.251 e. The highest BCUT2D eigenvalue weighted by Gasteiger charge is 2.21. The third-order valence-electron chi connectivity index (χ3n) is 5.97. The minimum atomic E-state index is -0.181. The van der Waals surface area contributed by atoms with E-state index in [1.807, 2.05) is 12.1 Å². The molecule has 3 aromatic rings. The largest absolute Gasteiger partial charge is 0.493 e. The highest BCUT2D eigenvalue weighted by atomic mass is 35.5. The molecule has 0 aliphatic carbocycles. The first kappa shape index (κ1) is 24.4. The van der Waals surface area contributed by atoms with Gasteiger partial charge in [-0.15, -0.1) is 0 Å². The molecule has 0 saturated carbocycles. The number of aryl methyl sites for hydroxylation is 1. The number of amides is 1. The quantitative estimate of drug-likeness (QED) is 0.499. The van der Waals surface area contributed by atoms with Gasteiger partial charge in [0.05, 0.1) is 36.6 Å². The van der Waals surface area contributed by atoms with Crippen LogP contribution in [0.1, 0.15) is 15.9 Å². The highest BCUT2D eigenvalue weighted by molar-refractivity contribution is 7.22. The van der Waals surface area contributed by atoms with Gasteiger partial charge < -0.3 is 24.4 Å². The van der Waals surface area contributed by atoms with Crippen LogP contribution in [-0.4, -0.2) is 76.4 Å². The van der Waals surface area contributed by atoms with Gasteiger partial charge in [-0.2, -0.15) is 0 Å². The number of thiazole rings is 1. The number of benzene rings is 2. The molecule has 182 valence electrons. The Bertz CT molecular complexity index is 1110. The van der Waals surface area contributed by atoms with E-state index in [1.54, 1.807) is 23.5 Å². The molecular weight excluding hydrogens is 476 g/mol. The maximum Gasteiger partial charge on any atom is 0.251 e. The minimum absolute atomic E-state index is 0.181. The van der Waals surface area contributed by atoms with E-state index in [0.29, 0.717) is 29.4 Å². The second-order valence-electron chi connectivity index (χ2n) is 8.04. The lowest BCUT2D eigenvalue weighted by atomic mass is 10.1. The molecule has 2 aromatic carbocycles. The molecule has 1 fully saturated rings. The summed E-state index contributed by atoms with van der Waals surface area (Å²) in [5.74, 6) is 1.19. The van der Waals surface area contributed by atoms with Crippen molar-refractivity contribution in [3.05, 3.63) is 40.4 Å². The number of carbonyl (C=O) groups is 1. The van der Waals surface area contributed by atoms with Crippen molar-refractivity contribution in [3.8, 4) is 17.2 Å². The third kappa shape index (κ3) is 5.01. The van der Waals surface area contributed by atoms with Gasteiger partial charge in [0.2, 0.25) is 5.75 Å².